The topological polar surface area (TPSA) is 33.4 Å². The quantitative estimate of drug-likeness (QED) is 0.730. The van der Waals surface area contributed by atoms with E-state index in [0.29, 0.717) is 0 Å². The van der Waals surface area contributed by atoms with Crippen molar-refractivity contribution in [2.45, 2.75) is 6.10 Å². The highest BCUT2D eigenvalue weighted by molar-refractivity contribution is 7.17. The summed E-state index contributed by atoms with van der Waals surface area (Å²) >= 11 is 1.65. The molecule has 80 valence electrons. The lowest BCUT2D eigenvalue weighted by Gasteiger charge is -2.09. The molecule has 0 spiro atoms. The highest BCUT2D eigenvalue weighted by Crippen LogP contribution is 2.32. The van der Waals surface area contributed by atoms with Crippen LogP contribution in [0.5, 0.6) is 0 Å². The molecule has 2 aromatic heterocycles. The number of hydrogen-bond donors (Lipinski definition) is 1. The van der Waals surface area contributed by atoms with Gasteiger partial charge in [-0.2, -0.15) is 0 Å². The Hall–Kier alpha value is -1.58. The zero-order chi connectivity index (χ0) is 11.0. The van der Waals surface area contributed by atoms with E-state index in [0.717, 1.165) is 15.8 Å². The lowest BCUT2D eigenvalue weighted by molar-refractivity contribution is 0.221. The Kier molecular flexibility index (Phi) is 2.27. The third-order valence-electron chi connectivity index (χ3n) is 2.66. The van der Waals surface area contributed by atoms with Gasteiger partial charge < -0.3 is 9.52 Å². The van der Waals surface area contributed by atoms with E-state index in [-0.39, 0.29) is 0 Å². The predicted molar refractivity (Wildman–Crippen MR) is 64.6 cm³/mol. The molecule has 3 heteroatoms. The van der Waals surface area contributed by atoms with Gasteiger partial charge in [0.1, 0.15) is 6.10 Å². The van der Waals surface area contributed by atoms with Gasteiger partial charge in [0.15, 0.2) is 0 Å². The van der Waals surface area contributed by atoms with Crippen LogP contribution in [0.3, 0.4) is 0 Å². The normalized spacial score (nSPS) is 13.1. The largest absolute Gasteiger partial charge is 0.472 e. The summed E-state index contributed by atoms with van der Waals surface area (Å²) in [5.74, 6) is 0. The molecule has 1 aromatic carbocycles. The van der Waals surface area contributed by atoms with Gasteiger partial charge in [0.2, 0.25) is 0 Å². The van der Waals surface area contributed by atoms with E-state index < -0.39 is 6.10 Å². The molecule has 16 heavy (non-hydrogen) atoms. The average Bonchev–Trinajstić information content (AvgIpc) is 2.98. The third-order valence-corrected chi connectivity index (χ3v) is 3.64. The Balaban J connectivity index is 2.15. The van der Waals surface area contributed by atoms with Crippen molar-refractivity contribution in [1.29, 1.82) is 0 Å². The predicted octanol–water partition coefficient (Wildman–Crippen LogP) is 3.58. The zero-order valence-electron chi connectivity index (χ0n) is 8.46. The molecule has 1 N–H and O–H groups in total. The number of aliphatic hydroxyl groups excluding tert-OH is 1. The Labute approximate surface area is 96.8 Å². The minimum absolute atomic E-state index is 0.610. The molecule has 0 radical (unpaired) electrons. The standard InChI is InChI=1S/C13H10O2S/c14-12(10-4-6-15-8-10)11-3-1-2-9-5-7-16-13(9)11/h1-8,12,14H. The first-order chi connectivity index (χ1) is 7.86. The van der Waals surface area contributed by atoms with Gasteiger partial charge in [-0.15, -0.1) is 11.3 Å². The Morgan fingerprint density at radius 1 is 1.19 bits per heavy atom. The second-order valence-electron chi connectivity index (χ2n) is 3.65. The fourth-order valence-corrected chi connectivity index (χ4v) is 2.78. The molecule has 0 saturated carbocycles. The molecule has 1 unspecified atom stereocenters. The van der Waals surface area contributed by atoms with Crippen LogP contribution in [0.4, 0.5) is 0 Å². The maximum atomic E-state index is 10.2. The van der Waals surface area contributed by atoms with Crippen LogP contribution in [-0.4, -0.2) is 5.11 Å². The number of aliphatic hydroxyl groups is 1. The van der Waals surface area contributed by atoms with Gasteiger partial charge in [-0.25, -0.2) is 0 Å². The lowest BCUT2D eigenvalue weighted by atomic mass is 10.0. The summed E-state index contributed by atoms with van der Waals surface area (Å²) < 4.78 is 6.13. The van der Waals surface area contributed by atoms with Crippen LogP contribution >= 0.6 is 11.3 Å². The van der Waals surface area contributed by atoms with E-state index in [1.165, 1.54) is 5.39 Å². The molecule has 0 aliphatic rings. The Morgan fingerprint density at radius 3 is 2.94 bits per heavy atom. The van der Waals surface area contributed by atoms with Gasteiger partial charge in [-0.3, -0.25) is 0 Å². The van der Waals surface area contributed by atoms with Crippen LogP contribution in [0, 0.1) is 0 Å². The van der Waals surface area contributed by atoms with Gasteiger partial charge in [0.25, 0.3) is 0 Å². The fraction of sp³-hybridized carbons (Fsp3) is 0.0769. The summed E-state index contributed by atoms with van der Waals surface area (Å²) in [6.07, 6.45) is 2.55. The lowest BCUT2D eigenvalue weighted by Crippen LogP contribution is -1.97. The van der Waals surface area contributed by atoms with Gasteiger partial charge >= 0.3 is 0 Å². The van der Waals surface area contributed by atoms with E-state index in [1.54, 1.807) is 29.9 Å². The summed E-state index contributed by atoms with van der Waals surface area (Å²) in [4.78, 5) is 0. The highest BCUT2D eigenvalue weighted by atomic mass is 32.1. The van der Waals surface area contributed by atoms with Crippen LogP contribution in [0.15, 0.2) is 52.7 Å². The first-order valence-electron chi connectivity index (χ1n) is 5.02. The summed E-state index contributed by atoms with van der Waals surface area (Å²) in [6, 6.07) is 9.82. The number of rotatable bonds is 2. The summed E-state index contributed by atoms with van der Waals surface area (Å²) in [6.45, 7) is 0. The molecule has 3 rings (SSSR count). The maximum absolute atomic E-state index is 10.2. The number of fused-ring (bicyclic) bond motifs is 1. The van der Waals surface area contributed by atoms with Crippen molar-refractivity contribution in [1.82, 2.24) is 0 Å². The smallest absolute Gasteiger partial charge is 0.109 e. The molecule has 0 bridgehead atoms. The molecule has 0 aliphatic heterocycles. The second-order valence-corrected chi connectivity index (χ2v) is 4.56. The average molecular weight is 230 g/mol. The summed E-state index contributed by atoms with van der Waals surface area (Å²) in [7, 11) is 0. The van der Waals surface area contributed by atoms with E-state index in [9.17, 15) is 5.11 Å². The van der Waals surface area contributed by atoms with Crippen LogP contribution in [-0.2, 0) is 0 Å². The summed E-state index contributed by atoms with van der Waals surface area (Å²) in [5, 5.41) is 13.5. The van der Waals surface area contributed by atoms with E-state index in [4.69, 9.17) is 4.42 Å². The van der Waals surface area contributed by atoms with Crippen molar-refractivity contribution in [2.75, 3.05) is 0 Å². The molecule has 0 fully saturated rings. The van der Waals surface area contributed by atoms with Crippen LogP contribution in [0.1, 0.15) is 17.2 Å². The minimum Gasteiger partial charge on any atom is -0.472 e. The molecular weight excluding hydrogens is 220 g/mol. The van der Waals surface area contributed by atoms with Gasteiger partial charge in [-0.1, -0.05) is 18.2 Å². The molecule has 0 saturated heterocycles. The molecular formula is C13H10O2S. The minimum atomic E-state index is -0.610. The van der Waals surface area contributed by atoms with Crippen molar-refractivity contribution < 1.29 is 9.52 Å². The highest BCUT2D eigenvalue weighted by Gasteiger charge is 2.14. The van der Waals surface area contributed by atoms with Crippen LogP contribution < -0.4 is 0 Å². The van der Waals surface area contributed by atoms with Crippen LogP contribution in [0.25, 0.3) is 10.1 Å². The first-order valence-corrected chi connectivity index (χ1v) is 5.90. The number of furan rings is 1. The monoisotopic (exact) mass is 230 g/mol. The van der Waals surface area contributed by atoms with E-state index in [1.807, 2.05) is 17.5 Å². The molecule has 2 nitrogen and oxygen atoms in total. The molecule has 0 amide bonds. The maximum Gasteiger partial charge on any atom is 0.109 e. The van der Waals surface area contributed by atoms with Crippen LogP contribution in [0.2, 0.25) is 0 Å². The fourth-order valence-electron chi connectivity index (χ4n) is 1.84. The zero-order valence-corrected chi connectivity index (χ0v) is 9.28. The van der Waals surface area contributed by atoms with Crippen molar-refractivity contribution in [3.8, 4) is 0 Å². The van der Waals surface area contributed by atoms with Crippen molar-refractivity contribution in [3.05, 3.63) is 59.4 Å². The molecule has 0 aliphatic carbocycles. The van der Waals surface area contributed by atoms with Crippen molar-refractivity contribution in [2.24, 2.45) is 0 Å². The number of thiophene rings is 1. The van der Waals surface area contributed by atoms with Gasteiger partial charge in [0.05, 0.1) is 12.5 Å². The summed E-state index contributed by atoms with van der Waals surface area (Å²) in [5.41, 5.74) is 1.73. The third kappa shape index (κ3) is 1.45. The molecule has 2 heterocycles. The first kappa shape index (κ1) is 9.63. The number of hydrogen-bond acceptors (Lipinski definition) is 3. The SMILES string of the molecule is OC(c1ccoc1)c1cccc2ccsc12. The van der Waals surface area contributed by atoms with Crippen molar-refractivity contribution >= 4 is 21.4 Å². The van der Waals surface area contributed by atoms with Gasteiger partial charge in [0, 0.05) is 15.8 Å². The Morgan fingerprint density at radius 2 is 2.12 bits per heavy atom. The Bertz CT molecular complexity index is 595. The van der Waals surface area contributed by atoms with Crippen molar-refractivity contribution in [3.63, 3.8) is 0 Å². The second kappa shape index (κ2) is 3.77. The molecule has 1 atom stereocenters. The molecule has 3 aromatic rings. The van der Waals surface area contributed by atoms with E-state index in [2.05, 4.69) is 12.1 Å². The number of benzene rings is 1. The van der Waals surface area contributed by atoms with E-state index >= 15 is 0 Å². The van der Waals surface area contributed by atoms with Gasteiger partial charge in [-0.05, 0) is 22.9 Å².